The average Bonchev–Trinajstić information content (AvgIpc) is 2.80. The van der Waals surface area contributed by atoms with Crippen molar-refractivity contribution >= 4 is 17.6 Å². The van der Waals surface area contributed by atoms with Crippen molar-refractivity contribution in [2.75, 3.05) is 5.32 Å². The number of carbonyl (C=O) groups excluding carboxylic acids is 2. The Kier molecular flexibility index (Phi) is 8.58. The first-order valence-electron chi connectivity index (χ1n) is 11.3. The molecular weight excluding hydrogens is 471 g/mol. The van der Waals surface area contributed by atoms with Crippen molar-refractivity contribution in [3.05, 3.63) is 95.3 Å². The molecule has 0 radical (unpaired) electrons. The molecule has 0 spiro atoms. The number of hydrogen-bond acceptors (Lipinski definition) is 3. The second-order valence-electron chi connectivity index (χ2n) is 9.26. The number of anilines is 1. The average molecular weight is 500 g/mol. The highest BCUT2D eigenvalue weighted by Crippen LogP contribution is 2.21. The van der Waals surface area contributed by atoms with E-state index in [2.05, 4.69) is 16.0 Å². The molecule has 0 aliphatic heterocycles. The van der Waals surface area contributed by atoms with Gasteiger partial charge >= 0.3 is 6.03 Å². The van der Waals surface area contributed by atoms with E-state index in [4.69, 9.17) is 4.74 Å². The van der Waals surface area contributed by atoms with E-state index in [-0.39, 0.29) is 6.42 Å². The molecule has 0 saturated heterocycles. The Hall–Kier alpha value is -4.01. The number of amides is 3. The van der Waals surface area contributed by atoms with Crippen LogP contribution < -0.4 is 20.7 Å². The first-order valence-corrected chi connectivity index (χ1v) is 11.3. The van der Waals surface area contributed by atoms with E-state index in [1.165, 1.54) is 0 Å². The summed E-state index contributed by atoms with van der Waals surface area (Å²) in [6.45, 7) is 5.67. The minimum Gasteiger partial charge on any atom is -0.489 e. The molecule has 0 aliphatic rings. The van der Waals surface area contributed by atoms with Crippen molar-refractivity contribution < 1.29 is 27.5 Å². The van der Waals surface area contributed by atoms with E-state index in [1.807, 2.05) is 30.3 Å². The predicted octanol–water partition coefficient (Wildman–Crippen LogP) is 5.33. The maximum atomic E-state index is 14.1. The fourth-order valence-corrected chi connectivity index (χ4v) is 3.31. The zero-order valence-corrected chi connectivity index (χ0v) is 20.2. The summed E-state index contributed by atoms with van der Waals surface area (Å²) < 4.78 is 47.2. The van der Waals surface area contributed by atoms with Crippen LogP contribution in [0.2, 0.25) is 0 Å². The topological polar surface area (TPSA) is 79.5 Å². The van der Waals surface area contributed by atoms with Crippen molar-refractivity contribution in [1.29, 1.82) is 0 Å². The van der Waals surface area contributed by atoms with Gasteiger partial charge in [0.1, 0.15) is 29.9 Å². The molecule has 0 bridgehead atoms. The van der Waals surface area contributed by atoms with Gasteiger partial charge in [0.05, 0.1) is 0 Å². The molecule has 9 heteroatoms. The van der Waals surface area contributed by atoms with Crippen LogP contribution in [-0.4, -0.2) is 23.5 Å². The molecule has 36 heavy (non-hydrogen) atoms. The van der Waals surface area contributed by atoms with Gasteiger partial charge < -0.3 is 20.7 Å². The van der Waals surface area contributed by atoms with Crippen molar-refractivity contribution in [1.82, 2.24) is 10.6 Å². The summed E-state index contributed by atoms with van der Waals surface area (Å²) in [5.74, 6) is -3.90. The van der Waals surface area contributed by atoms with Gasteiger partial charge in [-0.05, 0) is 44.0 Å². The van der Waals surface area contributed by atoms with Crippen LogP contribution in [0.4, 0.5) is 23.7 Å². The highest BCUT2D eigenvalue weighted by molar-refractivity contribution is 5.97. The van der Waals surface area contributed by atoms with Crippen LogP contribution in [0, 0.1) is 17.5 Å². The third kappa shape index (κ3) is 8.04. The number of halogens is 3. The highest BCUT2D eigenvalue weighted by Gasteiger charge is 2.25. The van der Waals surface area contributed by atoms with Crippen LogP contribution >= 0.6 is 0 Å². The van der Waals surface area contributed by atoms with Crippen molar-refractivity contribution in [2.45, 2.75) is 45.4 Å². The Morgan fingerprint density at radius 3 is 2.08 bits per heavy atom. The molecular formula is C27H28F3N3O3. The van der Waals surface area contributed by atoms with Crippen LogP contribution in [0.25, 0.3) is 0 Å². The number of hydrogen-bond donors (Lipinski definition) is 3. The quantitative estimate of drug-likeness (QED) is 0.392. The number of carbonyl (C=O) groups is 2. The molecule has 3 N–H and O–H groups in total. The van der Waals surface area contributed by atoms with E-state index in [1.54, 1.807) is 45.0 Å². The maximum Gasteiger partial charge on any atom is 0.315 e. The van der Waals surface area contributed by atoms with Crippen LogP contribution in [-0.2, 0) is 17.8 Å². The molecule has 0 aliphatic carbocycles. The zero-order valence-electron chi connectivity index (χ0n) is 20.2. The lowest BCUT2D eigenvalue weighted by Gasteiger charge is -2.24. The Morgan fingerprint density at radius 1 is 0.889 bits per heavy atom. The Labute approximate surface area is 207 Å². The van der Waals surface area contributed by atoms with Crippen molar-refractivity contribution in [3.8, 4) is 5.75 Å². The lowest BCUT2D eigenvalue weighted by atomic mass is 10.0. The molecule has 3 rings (SSSR count). The maximum absolute atomic E-state index is 14.1. The molecule has 1 atom stereocenters. The van der Waals surface area contributed by atoms with Gasteiger partial charge in [0.25, 0.3) is 0 Å². The van der Waals surface area contributed by atoms with Crippen LogP contribution in [0.1, 0.15) is 31.9 Å². The second-order valence-corrected chi connectivity index (χ2v) is 9.26. The lowest BCUT2D eigenvalue weighted by Crippen LogP contribution is -2.53. The van der Waals surface area contributed by atoms with E-state index in [0.717, 1.165) is 5.56 Å². The van der Waals surface area contributed by atoms with Gasteiger partial charge in [-0.3, -0.25) is 4.79 Å². The first kappa shape index (κ1) is 26.6. The van der Waals surface area contributed by atoms with Crippen LogP contribution in [0.3, 0.4) is 0 Å². The molecule has 0 fully saturated rings. The number of rotatable bonds is 8. The zero-order chi connectivity index (χ0) is 26.3. The van der Waals surface area contributed by atoms with Gasteiger partial charge in [0.2, 0.25) is 5.91 Å². The number of benzene rings is 3. The predicted molar refractivity (Wildman–Crippen MR) is 131 cm³/mol. The molecule has 3 aromatic rings. The van der Waals surface area contributed by atoms with E-state index < -0.39 is 46.7 Å². The fourth-order valence-electron chi connectivity index (χ4n) is 3.31. The number of ether oxygens (including phenoxy) is 1. The third-order valence-corrected chi connectivity index (χ3v) is 4.98. The van der Waals surface area contributed by atoms with E-state index in [9.17, 15) is 22.8 Å². The minimum absolute atomic E-state index is 0.0206. The van der Waals surface area contributed by atoms with Gasteiger partial charge in [0, 0.05) is 24.1 Å². The van der Waals surface area contributed by atoms with E-state index >= 15 is 0 Å². The minimum atomic E-state index is -1.27. The summed E-state index contributed by atoms with van der Waals surface area (Å²) in [6, 6.07) is 15.6. The fraction of sp³-hybridized carbons (Fsp3) is 0.259. The van der Waals surface area contributed by atoms with Gasteiger partial charge in [0.15, 0.2) is 11.6 Å². The summed E-state index contributed by atoms with van der Waals surface area (Å²) in [6.07, 6.45) is 0.0206. The third-order valence-electron chi connectivity index (χ3n) is 4.98. The van der Waals surface area contributed by atoms with E-state index in [0.29, 0.717) is 30.1 Å². The summed E-state index contributed by atoms with van der Waals surface area (Å²) in [5, 5.41) is 7.34. The molecule has 3 amide bonds. The largest absolute Gasteiger partial charge is 0.489 e. The molecule has 0 saturated carbocycles. The van der Waals surface area contributed by atoms with Gasteiger partial charge in [-0.25, -0.2) is 18.0 Å². The van der Waals surface area contributed by atoms with Crippen molar-refractivity contribution in [2.24, 2.45) is 0 Å². The second kappa shape index (κ2) is 11.6. The van der Waals surface area contributed by atoms with Crippen LogP contribution in [0.15, 0.2) is 66.7 Å². The highest BCUT2D eigenvalue weighted by atomic mass is 19.1. The summed E-state index contributed by atoms with van der Waals surface area (Å²) in [7, 11) is 0. The Balaban J connectivity index is 1.73. The van der Waals surface area contributed by atoms with Gasteiger partial charge in [-0.2, -0.15) is 0 Å². The number of nitrogens with one attached hydrogen (secondary N) is 3. The van der Waals surface area contributed by atoms with Crippen LogP contribution in [0.5, 0.6) is 5.75 Å². The molecule has 190 valence electrons. The molecule has 0 unspecified atom stereocenters. The van der Waals surface area contributed by atoms with Crippen molar-refractivity contribution in [3.63, 3.8) is 0 Å². The van der Waals surface area contributed by atoms with Gasteiger partial charge in [-0.1, -0.05) is 42.5 Å². The molecule has 0 aromatic heterocycles. The Bertz CT molecular complexity index is 1170. The van der Waals surface area contributed by atoms with Gasteiger partial charge in [-0.15, -0.1) is 0 Å². The normalized spacial score (nSPS) is 11.9. The summed E-state index contributed by atoms with van der Waals surface area (Å²) >= 11 is 0. The molecule has 6 nitrogen and oxygen atoms in total. The molecule has 3 aromatic carbocycles. The lowest BCUT2D eigenvalue weighted by molar-refractivity contribution is -0.118. The summed E-state index contributed by atoms with van der Waals surface area (Å²) in [4.78, 5) is 25.4. The SMILES string of the molecule is CC(C)(C)NC(=O)N[C@@H](Cc1ccc(OCc2ccccc2)cc1)C(=O)Nc1c(F)cc(F)cc1F. The number of urea groups is 1. The first-order chi connectivity index (χ1) is 17.0. The molecule has 0 heterocycles. The monoisotopic (exact) mass is 499 g/mol. The Morgan fingerprint density at radius 2 is 1.50 bits per heavy atom. The summed E-state index contributed by atoms with van der Waals surface area (Å²) in [5.41, 5.74) is 0.290. The standard InChI is InChI=1S/C27H28F3N3O3/c1-27(2,3)33-26(35)31-23(25(34)32-24-21(29)14-19(28)15-22(24)30)13-17-9-11-20(12-10-17)36-16-18-7-5-4-6-8-18/h4-12,14-15,23H,13,16H2,1-3H3,(H,32,34)(H2,31,33,35)/t23-/m0/s1. The smallest absolute Gasteiger partial charge is 0.315 e.